The standard InChI is InChI=1S/C18H21FN2OS/c1-12(2)17(13-4-6-14(19)7-5-13)21-18(23)20-15-8-10-16(22-3)11-9-15/h4-12,17H,1-3H3,(H2,20,21,23)/t17-/m1/s1. The van der Waals surface area contributed by atoms with Gasteiger partial charge in [0.05, 0.1) is 13.2 Å². The van der Waals surface area contributed by atoms with E-state index in [0.29, 0.717) is 11.0 Å². The largest absolute Gasteiger partial charge is 0.497 e. The smallest absolute Gasteiger partial charge is 0.171 e. The summed E-state index contributed by atoms with van der Waals surface area (Å²) in [6.45, 7) is 4.19. The van der Waals surface area contributed by atoms with Crippen molar-refractivity contribution in [3.8, 4) is 5.75 Å². The van der Waals surface area contributed by atoms with Gasteiger partial charge in [0.15, 0.2) is 5.11 Å². The second-order valence-corrected chi connectivity index (χ2v) is 6.01. The summed E-state index contributed by atoms with van der Waals surface area (Å²) in [4.78, 5) is 0. The van der Waals surface area contributed by atoms with Crippen LogP contribution < -0.4 is 15.4 Å². The van der Waals surface area contributed by atoms with Gasteiger partial charge < -0.3 is 15.4 Å². The highest BCUT2D eigenvalue weighted by Gasteiger charge is 2.17. The molecule has 3 nitrogen and oxygen atoms in total. The Hall–Kier alpha value is -2.14. The van der Waals surface area contributed by atoms with Crippen molar-refractivity contribution in [1.29, 1.82) is 0 Å². The molecule has 5 heteroatoms. The summed E-state index contributed by atoms with van der Waals surface area (Å²) in [5.41, 5.74) is 1.88. The first kappa shape index (κ1) is 17.2. The van der Waals surface area contributed by atoms with Gasteiger partial charge in [-0.1, -0.05) is 26.0 Å². The Morgan fingerprint density at radius 3 is 2.17 bits per heavy atom. The zero-order valence-electron chi connectivity index (χ0n) is 13.5. The average Bonchev–Trinajstić information content (AvgIpc) is 2.54. The fourth-order valence-corrected chi connectivity index (χ4v) is 2.53. The lowest BCUT2D eigenvalue weighted by Gasteiger charge is -2.24. The molecule has 122 valence electrons. The number of nitrogens with one attached hydrogen (secondary N) is 2. The highest BCUT2D eigenvalue weighted by molar-refractivity contribution is 7.80. The van der Waals surface area contributed by atoms with Gasteiger partial charge in [0.2, 0.25) is 0 Å². The molecular weight excluding hydrogens is 311 g/mol. The second-order valence-electron chi connectivity index (χ2n) is 5.60. The maximum absolute atomic E-state index is 13.1. The van der Waals surface area contributed by atoms with E-state index in [4.69, 9.17) is 17.0 Å². The minimum Gasteiger partial charge on any atom is -0.497 e. The van der Waals surface area contributed by atoms with E-state index in [2.05, 4.69) is 24.5 Å². The number of thiocarbonyl (C=S) groups is 1. The molecule has 2 N–H and O–H groups in total. The predicted octanol–water partition coefficient (Wildman–Crippen LogP) is 4.52. The molecule has 23 heavy (non-hydrogen) atoms. The van der Waals surface area contributed by atoms with Crippen LogP contribution in [0.3, 0.4) is 0 Å². The van der Waals surface area contributed by atoms with Crippen LogP contribution in [0.15, 0.2) is 48.5 Å². The lowest BCUT2D eigenvalue weighted by molar-refractivity contribution is 0.415. The van der Waals surface area contributed by atoms with Crippen LogP contribution in [0.4, 0.5) is 10.1 Å². The Morgan fingerprint density at radius 1 is 1.04 bits per heavy atom. The minimum atomic E-state index is -0.241. The van der Waals surface area contributed by atoms with E-state index in [0.717, 1.165) is 17.0 Å². The van der Waals surface area contributed by atoms with E-state index in [1.54, 1.807) is 19.2 Å². The van der Waals surface area contributed by atoms with Crippen LogP contribution in [0.25, 0.3) is 0 Å². The Morgan fingerprint density at radius 2 is 1.65 bits per heavy atom. The van der Waals surface area contributed by atoms with Crippen molar-refractivity contribution in [3.63, 3.8) is 0 Å². The zero-order valence-corrected chi connectivity index (χ0v) is 14.3. The van der Waals surface area contributed by atoms with E-state index >= 15 is 0 Å². The van der Waals surface area contributed by atoms with Gasteiger partial charge in [-0.25, -0.2) is 4.39 Å². The number of benzene rings is 2. The van der Waals surface area contributed by atoms with Crippen LogP contribution in [0.5, 0.6) is 5.75 Å². The van der Waals surface area contributed by atoms with Crippen molar-refractivity contribution in [1.82, 2.24) is 5.32 Å². The van der Waals surface area contributed by atoms with Crippen LogP contribution in [0.2, 0.25) is 0 Å². The Balaban J connectivity index is 2.04. The van der Waals surface area contributed by atoms with Gasteiger partial charge in [0.1, 0.15) is 11.6 Å². The zero-order chi connectivity index (χ0) is 16.8. The van der Waals surface area contributed by atoms with Gasteiger partial charge in [0.25, 0.3) is 0 Å². The lowest BCUT2D eigenvalue weighted by atomic mass is 9.96. The first-order chi connectivity index (χ1) is 11.0. The Bertz CT molecular complexity index is 641. The molecule has 0 aliphatic heterocycles. The SMILES string of the molecule is COc1ccc(NC(=S)N[C@@H](c2ccc(F)cc2)C(C)C)cc1. The Labute approximate surface area is 141 Å². The molecule has 0 amide bonds. The van der Waals surface area contributed by atoms with Crippen LogP contribution in [-0.2, 0) is 0 Å². The fraction of sp³-hybridized carbons (Fsp3) is 0.278. The van der Waals surface area contributed by atoms with Crippen LogP contribution in [0, 0.1) is 11.7 Å². The van der Waals surface area contributed by atoms with Crippen LogP contribution in [0.1, 0.15) is 25.5 Å². The van der Waals surface area contributed by atoms with Crippen molar-refractivity contribution in [3.05, 3.63) is 59.9 Å². The maximum atomic E-state index is 13.1. The van der Waals surface area contributed by atoms with Crippen molar-refractivity contribution >= 4 is 23.0 Å². The lowest BCUT2D eigenvalue weighted by Crippen LogP contribution is -2.34. The molecule has 2 rings (SSSR count). The van der Waals surface area contributed by atoms with Crippen LogP contribution in [-0.4, -0.2) is 12.2 Å². The van der Waals surface area contributed by atoms with Gasteiger partial charge in [-0.2, -0.15) is 0 Å². The third-order valence-corrected chi connectivity index (χ3v) is 3.75. The van der Waals surface area contributed by atoms with Gasteiger partial charge in [-0.05, 0) is 60.1 Å². The van der Waals surface area contributed by atoms with Gasteiger partial charge >= 0.3 is 0 Å². The van der Waals surface area contributed by atoms with Gasteiger partial charge in [-0.3, -0.25) is 0 Å². The highest BCUT2D eigenvalue weighted by atomic mass is 32.1. The molecule has 0 heterocycles. The van der Waals surface area contributed by atoms with E-state index in [1.165, 1.54) is 12.1 Å². The molecule has 0 aromatic heterocycles. The Kier molecular flexibility index (Phi) is 5.93. The molecular formula is C18H21FN2OS. The number of anilines is 1. The first-order valence-electron chi connectivity index (χ1n) is 7.46. The summed E-state index contributed by atoms with van der Waals surface area (Å²) in [5, 5.41) is 6.97. The molecule has 1 atom stereocenters. The first-order valence-corrected chi connectivity index (χ1v) is 7.87. The summed E-state index contributed by atoms with van der Waals surface area (Å²) in [5.74, 6) is 0.854. The van der Waals surface area contributed by atoms with E-state index in [9.17, 15) is 4.39 Å². The number of ether oxygens (including phenoxy) is 1. The molecule has 0 fully saturated rings. The predicted molar refractivity (Wildman–Crippen MR) is 96.3 cm³/mol. The number of halogens is 1. The van der Waals surface area contributed by atoms with Crippen molar-refractivity contribution in [2.75, 3.05) is 12.4 Å². The van der Waals surface area contributed by atoms with Gasteiger partial charge in [0, 0.05) is 5.69 Å². The normalized spacial score (nSPS) is 11.9. The molecule has 0 aliphatic carbocycles. The molecule has 0 saturated carbocycles. The van der Waals surface area contributed by atoms with E-state index in [-0.39, 0.29) is 11.9 Å². The molecule has 0 radical (unpaired) electrons. The minimum absolute atomic E-state index is 0.00819. The van der Waals surface area contributed by atoms with Crippen molar-refractivity contribution < 1.29 is 9.13 Å². The number of methoxy groups -OCH3 is 1. The molecule has 0 bridgehead atoms. The van der Waals surface area contributed by atoms with Crippen molar-refractivity contribution in [2.45, 2.75) is 19.9 Å². The number of hydrogen-bond donors (Lipinski definition) is 2. The second kappa shape index (κ2) is 7.92. The molecule has 2 aromatic rings. The van der Waals surface area contributed by atoms with Gasteiger partial charge in [-0.15, -0.1) is 0 Å². The number of rotatable bonds is 5. The van der Waals surface area contributed by atoms with Crippen LogP contribution >= 0.6 is 12.2 Å². The molecule has 0 saturated heterocycles. The molecule has 2 aromatic carbocycles. The maximum Gasteiger partial charge on any atom is 0.171 e. The molecule has 0 unspecified atom stereocenters. The summed E-state index contributed by atoms with van der Waals surface area (Å²) in [6.07, 6.45) is 0. The monoisotopic (exact) mass is 332 g/mol. The fourth-order valence-electron chi connectivity index (χ4n) is 2.29. The van der Waals surface area contributed by atoms with E-state index < -0.39 is 0 Å². The quantitative estimate of drug-likeness (QED) is 0.789. The number of hydrogen-bond acceptors (Lipinski definition) is 2. The average molecular weight is 332 g/mol. The summed E-state index contributed by atoms with van der Waals surface area (Å²) in [6, 6.07) is 14.0. The summed E-state index contributed by atoms with van der Waals surface area (Å²) >= 11 is 5.39. The van der Waals surface area contributed by atoms with E-state index in [1.807, 2.05) is 24.3 Å². The summed E-state index contributed by atoms with van der Waals surface area (Å²) in [7, 11) is 1.63. The summed E-state index contributed by atoms with van der Waals surface area (Å²) < 4.78 is 18.2. The third-order valence-electron chi connectivity index (χ3n) is 3.53. The molecule has 0 aliphatic rings. The third kappa shape index (κ3) is 4.93. The molecule has 0 spiro atoms. The highest BCUT2D eigenvalue weighted by Crippen LogP contribution is 2.22. The van der Waals surface area contributed by atoms with Crippen molar-refractivity contribution in [2.24, 2.45) is 5.92 Å². The topological polar surface area (TPSA) is 33.3 Å².